The van der Waals surface area contributed by atoms with Crippen LogP contribution in [0.25, 0.3) is 5.57 Å². The molecule has 1 saturated heterocycles. The van der Waals surface area contributed by atoms with Crippen LogP contribution in [-0.4, -0.2) is 60.6 Å². The van der Waals surface area contributed by atoms with E-state index in [1.165, 1.54) is 4.80 Å². The second kappa shape index (κ2) is 11.2. The van der Waals surface area contributed by atoms with Gasteiger partial charge in [-0.3, -0.25) is 0 Å². The summed E-state index contributed by atoms with van der Waals surface area (Å²) in [6, 6.07) is 11.2. The Kier molecular flexibility index (Phi) is 8.42. The van der Waals surface area contributed by atoms with E-state index in [4.69, 9.17) is 23.9 Å². The third-order valence-corrected chi connectivity index (χ3v) is 9.47. The van der Waals surface area contributed by atoms with E-state index in [0.29, 0.717) is 18.7 Å². The Morgan fingerprint density at radius 3 is 2.31 bits per heavy atom. The number of ether oxygens (including phenoxy) is 2. The molecule has 0 radical (unpaired) electrons. The van der Waals surface area contributed by atoms with Gasteiger partial charge in [-0.05, 0) is 58.2 Å². The molecule has 1 aromatic heterocycles. The Hall–Kier alpha value is -2.53. The lowest BCUT2D eigenvalue weighted by atomic mass is 9.52. The van der Waals surface area contributed by atoms with Crippen LogP contribution in [0.1, 0.15) is 62.8 Å². The molecule has 0 saturated carbocycles. The molecule has 1 aliphatic heterocycles. The summed E-state index contributed by atoms with van der Waals surface area (Å²) in [5, 5.41) is 8.49. The van der Waals surface area contributed by atoms with E-state index in [1.54, 1.807) is 6.92 Å². The maximum Gasteiger partial charge on any atom is 0.475 e. The summed E-state index contributed by atoms with van der Waals surface area (Å²) in [5.74, 6) is -0.525. The number of carbonyl (C=O) groups is 1. The minimum atomic E-state index is -1.25. The molecular weight excluding hydrogens is 509 g/mol. The average molecular weight is 552 g/mol. The molecule has 2 heterocycles. The van der Waals surface area contributed by atoms with Crippen molar-refractivity contribution < 1.29 is 23.6 Å². The van der Waals surface area contributed by atoms with Gasteiger partial charge in [0, 0.05) is 14.7 Å². The molecular formula is C29H42BN3O5Si. The van der Waals surface area contributed by atoms with Gasteiger partial charge in [-0.25, -0.2) is 4.79 Å². The van der Waals surface area contributed by atoms with Crippen molar-refractivity contribution in [3.05, 3.63) is 65.5 Å². The van der Waals surface area contributed by atoms with Crippen LogP contribution in [0.3, 0.4) is 0 Å². The quantitative estimate of drug-likeness (QED) is 0.213. The molecule has 1 fully saturated rings. The molecule has 0 spiro atoms. The van der Waals surface area contributed by atoms with Gasteiger partial charge >= 0.3 is 13.1 Å². The van der Waals surface area contributed by atoms with Crippen LogP contribution >= 0.6 is 0 Å². The van der Waals surface area contributed by atoms with E-state index in [9.17, 15) is 4.79 Å². The SMILES string of the molecule is CCOC(=O)c1nn(COCC[Si](C)(C)C)nc1C1(B2OC(C)(C)C(C)(C)O2)C=CC(c2ccccc2)=CC1. The minimum Gasteiger partial charge on any atom is -0.461 e. The fraction of sp³-hybridized carbons (Fsp3) is 0.552. The first-order valence-corrected chi connectivity index (χ1v) is 17.5. The third kappa shape index (κ3) is 6.29. The lowest BCUT2D eigenvalue weighted by Crippen LogP contribution is -2.46. The fourth-order valence-electron chi connectivity index (χ4n) is 4.59. The highest BCUT2D eigenvalue weighted by Crippen LogP contribution is 2.47. The monoisotopic (exact) mass is 551 g/mol. The van der Waals surface area contributed by atoms with Crippen molar-refractivity contribution in [3.8, 4) is 0 Å². The second-order valence-corrected chi connectivity index (χ2v) is 18.2. The first-order valence-electron chi connectivity index (χ1n) is 13.8. The number of rotatable bonds is 10. The van der Waals surface area contributed by atoms with Gasteiger partial charge in [0.2, 0.25) is 0 Å². The van der Waals surface area contributed by atoms with Crippen molar-refractivity contribution in [1.29, 1.82) is 0 Å². The molecule has 8 nitrogen and oxygen atoms in total. The van der Waals surface area contributed by atoms with Gasteiger partial charge in [0.15, 0.2) is 12.4 Å². The molecule has 1 aromatic carbocycles. The van der Waals surface area contributed by atoms with Gasteiger partial charge in [0.25, 0.3) is 0 Å². The van der Waals surface area contributed by atoms with Crippen molar-refractivity contribution in [1.82, 2.24) is 15.0 Å². The maximum absolute atomic E-state index is 13.2. The summed E-state index contributed by atoms with van der Waals surface area (Å²) in [5.41, 5.74) is 1.68. The molecule has 0 amide bonds. The number of allylic oxidation sites excluding steroid dienone is 4. The number of aromatic nitrogens is 3. The van der Waals surface area contributed by atoms with Gasteiger partial charge < -0.3 is 18.8 Å². The van der Waals surface area contributed by atoms with Crippen LogP contribution in [-0.2, 0) is 30.8 Å². The van der Waals surface area contributed by atoms with Gasteiger partial charge in [0.05, 0.1) is 23.1 Å². The topological polar surface area (TPSA) is 84.7 Å². The second-order valence-electron chi connectivity index (χ2n) is 12.5. The molecule has 4 rings (SSSR count). The molecule has 10 heteroatoms. The van der Waals surface area contributed by atoms with Crippen LogP contribution in [0.5, 0.6) is 0 Å². The van der Waals surface area contributed by atoms with E-state index < -0.39 is 37.7 Å². The molecule has 39 heavy (non-hydrogen) atoms. The van der Waals surface area contributed by atoms with E-state index in [0.717, 1.165) is 17.2 Å². The van der Waals surface area contributed by atoms with E-state index in [-0.39, 0.29) is 19.0 Å². The normalized spacial score (nSPS) is 22.2. The molecule has 1 unspecified atom stereocenters. The molecule has 0 bridgehead atoms. The van der Waals surface area contributed by atoms with Crippen LogP contribution in [0.2, 0.25) is 25.7 Å². The first kappa shape index (κ1) is 29.5. The first-order chi connectivity index (χ1) is 18.3. The predicted octanol–water partition coefficient (Wildman–Crippen LogP) is 5.68. The van der Waals surface area contributed by atoms with Gasteiger partial charge in [-0.2, -0.15) is 9.90 Å². The number of nitrogens with zero attached hydrogens (tertiary/aromatic N) is 3. The Morgan fingerprint density at radius 1 is 1.08 bits per heavy atom. The van der Waals surface area contributed by atoms with Crippen molar-refractivity contribution in [3.63, 3.8) is 0 Å². The summed E-state index contributed by atoms with van der Waals surface area (Å²) in [6.07, 6.45) is 6.77. The van der Waals surface area contributed by atoms with Crippen molar-refractivity contribution >= 4 is 26.7 Å². The van der Waals surface area contributed by atoms with Crippen LogP contribution in [0.4, 0.5) is 0 Å². The Labute approximate surface area is 233 Å². The zero-order chi connectivity index (χ0) is 28.5. The maximum atomic E-state index is 13.2. The van der Waals surface area contributed by atoms with E-state index in [1.807, 2.05) is 45.9 Å². The largest absolute Gasteiger partial charge is 0.475 e. The molecule has 2 aliphatic rings. The van der Waals surface area contributed by atoms with Crippen LogP contribution in [0.15, 0.2) is 48.6 Å². The Morgan fingerprint density at radius 2 is 1.74 bits per heavy atom. The number of hydrogen-bond acceptors (Lipinski definition) is 7. The Bertz CT molecular complexity index is 1220. The Balaban J connectivity index is 1.75. The number of esters is 1. The number of benzene rings is 1. The van der Waals surface area contributed by atoms with E-state index in [2.05, 4.69) is 55.1 Å². The van der Waals surface area contributed by atoms with Crippen LogP contribution in [0, 0.1) is 0 Å². The number of carbonyl (C=O) groups excluding carboxylic acids is 1. The number of hydrogen-bond donors (Lipinski definition) is 0. The zero-order valence-electron chi connectivity index (χ0n) is 24.6. The predicted molar refractivity (Wildman–Crippen MR) is 156 cm³/mol. The standard InChI is InChI=1S/C29H42BN3O5Si/c1-9-36-26(34)24-25(32-33(31-24)21-35-19-20-39(6,7)8)29(30-37-27(2,3)28(4,5)38-30)17-15-23(16-18-29)22-13-11-10-12-14-22/h10-17H,9,18-21H2,1-8H3. The summed E-state index contributed by atoms with van der Waals surface area (Å²) < 4.78 is 24.5. The lowest BCUT2D eigenvalue weighted by Gasteiger charge is -2.33. The van der Waals surface area contributed by atoms with Crippen molar-refractivity contribution in [2.24, 2.45) is 0 Å². The van der Waals surface area contributed by atoms with Crippen molar-refractivity contribution in [2.45, 2.75) is 90.0 Å². The van der Waals surface area contributed by atoms with Gasteiger partial charge in [0.1, 0.15) is 5.69 Å². The van der Waals surface area contributed by atoms with Gasteiger partial charge in [-0.1, -0.05) is 68.2 Å². The van der Waals surface area contributed by atoms with Gasteiger partial charge in [-0.15, -0.1) is 5.10 Å². The highest BCUT2D eigenvalue weighted by Gasteiger charge is 2.61. The summed E-state index contributed by atoms with van der Waals surface area (Å²) in [7, 11) is -1.94. The highest BCUT2D eigenvalue weighted by molar-refractivity contribution is 6.76. The molecule has 210 valence electrons. The highest BCUT2D eigenvalue weighted by atomic mass is 28.3. The molecule has 1 aliphatic carbocycles. The summed E-state index contributed by atoms with van der Waals surface area (Å²) in [4.78, 5) is 14.6. The lowest BCUT2D eigenvalue weighted by molar-refractivity contribution is 0.00578. The molecule has 2 aromatic rings. The molecule has 1 atom stereocenters. The van der Waals surface area contributed by atoms with Crippen LogP contribution < -0.4 is 0 Å². The summed E-state index contributed by atoms with van der Waals surface area (Å²) >= 11 is 0. The third-order valence-electron chi connectivity index (χ3n) is 7.77. The molecule has 0 N–H and O–H groups in total. The minimum absolute atomic E-state index is 0.144. The summed E-state index contributed by atoms with van der Waals surface area (Å²) in [6.45, 7) is 17.8. The fourth-order valence-corrected chi connectivity index (χ4v) is 5.35. The van der Waals surface area contributed by atoms with Crippen molar-refractivity contribution in [2.75, 3.05) is 13.2 Å². The van der Waals surface area contributed by atoms with E-state index >= 15 is 0 Å². The zero-order valence-corrected chi connectivity index (χ0v) is 25.6. The average Bonchev–Trinajstić information content (AvgIpc) is 3.40. The smallest absolute Gasteiger partial charge is 0.461 e.